The molecule has 1 saturated heterocycles. The van der Waals surface area contributed by atoms with Crippen LogP contribution in [0.3, 0.4) is 0 Å². The maximum absolute atomic E-state index is 12.7. The van der Waals surface area contributed by atoms with Gasteiger partial charge in [0.15, 0.2) is 0 Å². The molecule has 0 unspecified atom stereocenters. The van der Waals surface area contributed by atoms with Crippen molar-refractivity contribution in [2.75, 3.05) is 26.2 Å². The van der Waals surface area contributed by atoms with Crippen molar-refractivity contribution >= 4 is 15.7 Å². The Morgan fingerprint density at radius 2 is 1.68 bits per heavy atom. The Labute approximate surface area is 179 Å². The Balaban J connectivity index is 1.32. The molecule has 2 aromatic carbocycles. The van der Waals surface area contributed by atoms with Crippen LogP contribution >= 0.6 is 0 Å². The van der Waals surface area contributed by atoms with Crippen LogP contribution in [0.1, 0.15) is 11.5 Å². The van der Waals surface area contributed by atoms with Gasteiger partial charge in [0.05, 0.1) is 17.2 Å². The second-order valence-electron chi connectivity index (χ2n) is 7.23. The number of nitrogens with zero attached hydrogens (tertiary/aromatic N) is 5. The molecule has 0 spiro atoms. The van der Waals surface area contributed by atoms with E-state index < -0.39 is 14.9 Å². The van der Waals surface area contributed by atoms with Gasteiger partial charge in [-0.25, -0.2) is 8.42 Å². The van der Waals surface area contributed by atoms with Gasteiger partial charge in [0.2, 0.25) is 21.7 Å². The van der Waals surface area contributed by atoms with Gasteiger partial charge in [0.25, 0.3) is 5.69 Å². The minimum atomic E-state index is -3.37. The first kappa shape index (κ1) is 21.1. The van der Waals surface area contributed by atoms with E-state index in [-0.39, 0.29) is 11.4 Å². The lowest BCUT2D eigenvalue weighted by atomic mass is 10.2. The molecule has 0 amide bonds. The third-order valence-electron chi connectivity index (χ3n) is 5.08. The highest BCUT2D eigenvalue weighted by molar-refractivity contribution is 7.88. The number of non-ortho nitro benzene ring substituents is 1. The fraction of sp³-hybridized carbons (Fsp3) is 0.300. The lowest BCUT2D eigenvalue weighted by Gasteiger charge is -2.33. The van der Waals surface area contributed by atoms with Gasteiger partial charge < -0.3 is 4.52 Å². The smallest absolute Gasteiger partial charge is 0.269 e. The summed E-state index contributed by atoms with van der Waals surface area (Å²) in [6.07, 6.45) is 0. The lowest BCUT2D eigenvalue weighted by molar-refractivity contribution is -0.384. The first-order valence-electron chi connectivity index (χ1n) is 9.72. The van der Waals surface area contributed by atoms with Gasteiger partial charge in [0, 0.05) is 43.9 Å². The average Bonchev–Trinajstić information content (AvgIpc) is 3.23. The van der Waals surface area contributed by atoms with E-state index in [1.54, 1.807) is 12.1 Å². The quantitative estimate of drug-likeness (QED) is 0.403. The van der Waals surface area contributed by atoms with Gasteiger partial charge >= 0.3 is 0 Å². The third kappa shape index (κ3) is 5.13. The number of aromatic nitrogens is 2. The second-order valence-corrected chi connectivity index (χ2v) is 9.20. The maximum Gasteiger partial charge on any atom is 0.269 e. The molecule has 1 fully saturated rings. The Bertz CT molecular complexity index is 1140. The van der Waals surface area contributed by atoms with Crippen LogP contribution in [0.5, 0.6) is 0 Å². The molecule has 4 rings (SSSR count). The molecule has 1 aromatic heterocycles. The van der Waals surface area contributed by atoms with Gasteiger partial charge in [0.1, 0.15) is 0 Å². The van der Waals surface area contributed by atoms with Crippen LogP contribution in [-0.4, -0.2) is 58.9 Å². The van der Waals surface area contributed by atoms with Crippen molar-refractivity contribution in [1.82, 2.24) is 19.3 Å². The Morgan fingerprint density at radius 3 is 2.32 bits per heavy atom. The van der Waals surface area contributed by atoms with Crippen molar-refractivity contribution in [3.05, 3.63) is 76.2 Å². The van der Waals surface area contributed by atoms with Crippen LogP contribution in [0.4, 0.5) is 5.69 Å². The van der Waals surface area contributed by atoms with E-state index in [1.807, 2.05) is 30.3 Å². The molecule has 0 aliphatic carbocycles. The third-order valence-corrected chi connectivity index (χ3v) is 6.93. The monoisotopic (exact) mass is 443 g/mol. The summed E-state index contributed by atoms with van der Waals surface area (Å²) in [5.74, 6) is 0.763. The summed E-state index contributed by atoms with van der Waals surface area (Å²) in [6.45, 7) is 2.33. The zero-order valence-electron chi connectivity index (χ0n) is 16.6. The van der Waals surface area contributed by atoms with Crippen LogP contribution in [0, 0.1) is 10.1 Å². The summed E-state index contributed by atoms with van der Waals surface area (Å²) in [6, 6.07) is 15.1. The number of sulfonamides is 1. The summed E-state index contributed by atoms with van der Waals surface area (Å²) in [4.78, 5) is 16.7. The number of hydrogen-bond acceptors (Lipinski definition) is 8. The topological polar surface area (TPSA) is 123 Å². The highest BCUT2D eigenvalue weighted by atomic mass is 32.2. The van der Waals surface area contributed by atoms with Gasteiger partial charge in [-0.3, -0.25) is 15.0 Å². The Kier molecular flexibility index (Phi) is 6.07. The van der Waals surface area contributed by atoms with E-state index in [0.717, 1.165) is 5.56 Å². The average molecular weight is 443 g/mol. The van der Waals surface area contributed by atoms with Gasteiger partial charge in [-0.15, -0.1) is 0 Å². The van der Waals surface area contributed by atoms with E-state index in [9.17, 15) is 18.5 Å². The van der Waals surface area contributed by atoms with E-state index in [1.165, 1.54) is 16.4 Å². The minimum absolute atomic E-state index is 0.00387. The van der Waals surface area contributed by atoms with Crippen molar-refractivity contribution < 1.29 is 17.9 Å². The summed E-state index contributed by atoms with van der Waals surface area (Å²) in [5.41, 5.74) is 1.39. The van der Waals surface area contributed by atoms with Crippen molar-refractivity contribution in [3.63, 3.8) is 0 Å². The Hall–Kier alpha value is -3.15. The van der Waals surface area contributed by atoms with Gasteiger partial charge in [-0.05, 0) is 17.7 Å². The van der Waals surface area contributed by atoms with Crippen LogP contribution in [-0.2, 0) is 22.3 Å². The summed E-state index contributed by atoms with van der Waals surface area (Å²) in [7, 11) is -3.37. The Morgan fingerprint density at radius 1 is 1.00 bits per heavy atom. The number of piperazine rings is 1. The standard InChI is InChI=1S/C20H21N5O5S/c26-25(27)18-8-6-17(7-9-18)20-21-19(30-22-20)14-23-10-12-24(13-11-23)31(28,29)15-16-4-2-1-3-5-16/h1-9H,10-15H2. The fourth-order valence-corrected chi connectivity index (χ4v) is 4.92. The van der Waals surface area contributed by atoms with Crippen LogP contribution in [0.15, 0.2) is 59.1 Å². The molecular weight excluding hydrogens is 422 g/mol. The van der Waals surface area contributed by atoms with Gasteiger partial charge in [-0.2, -0.15) is 9.29 Å². The number of nitro benzene ring substituents is 1. The number of nitro groups is 1. The molecule has 3 aromatic rings. The molecule has 11 heteroatoms. The first-order chi connectivity index (χ1) is 14.9. The van der Waals surface area contributed by atoms with E-state index in [0.29, 0.717) is 50.0 Å². The van der Waals surface area contributed by atoms with Gasteiger partial charge in [-0.1, -0.05) is 35.5 Å². The minimum Gasteiger partial charge on any atom is -0.338 e. The lowest BCUT2D eigenvalue weighted by Crippen LogP contribution is -2.48. The van der Waals surface area contributed by atoms with E-state index >= 15 is 0 Å². The summed E-state index contributed by atoms with van der Waals surface area (Å²) >= 11 is 0. The molecule has 0 bridgehead atoms. The van der Waals surface area contributed by atoms with Crippen molar-refractivity contribution in [2.24, 2.45) is 0 Å². The van der Waals surface area contributed by atoms with Crippen LogP contribution in [0.25, 0.3) is 11.4 Å². The molecule has 31 heavy (non-hydrogen) atoms. The zero-order chi connectivity index (χ0) is 21.8. The van der Waals surface area contributed by atoms with Crippen molar-refractivity contribution in [1.29, 1.82) is 0 Å². The molecule has 162 valence electrons. The molecule has 0 N–H and O–H groups in total. The largest absolute Gasteiger partial charge is 0.338 e. The number of benzene rings is 2. The fourth-order valence-electron chi connectivity index (χ4n) is 3.40. The number of rotatable bonds is 7. The summed E-state index contributed by atoms with van der Waals surface area (Å²) < 4.78 is 32.2. The zero-order valence-corrected chi connectivity index (χ0v) is 17.4. The maximum atomic E-state index is 12.7. The molecule has 1 aliphatic heterocycles. The van der Waals surface area contributed by atoms with E-state index in [4.69, 9.17) is 4.52 Å². The number of hydrogen-bond donors (Lipinski definition) is 0. The molecule has 2 heterocycles. The highest BCUT2D eigenvalue weighted by Crippen LogP contribution is 2.21. The molecule has 1 aliphatic rings. The van der Waals surface area contributed by atoms with Crippen LogP contribution in [0.2, 0.25) is 0 Å². The second kappa shape index (κ2) is 8.92. The SMILES string of the molecule is O=[N+]([O-])c1ccc(-c2noc(CN3CCN(S(=O)(=O)Cc4ccccc4)CC3)n2)cc1. The highest BCUT2D eigenvalue weighted by Gasteiger charge is 2.27. The summed E-state index contributed by atoms with van der Waals surface area (Å²) in [5, 5.41) is 14.7. The van der Waals surface area contributed by atoms with E-state index in [2.05, 4.69) is 15.0 Å². The normalized spacial score (nSPS) is 15.7. The molecule has 0 saturated carbocycles. The first-order valence-corrected chi connectivity index (χ1v) is 11.3. The molecular formula is C20H21N5O5S. The predicted molar refractivity (Wildman–Crippen MR) is 112 cm³/mol. The van der Waals surface area contributed by atoms with Crippen molar-refractivity contribution in [3.8, 4) is 11.4 Å². The predicted octanol–water partition coefficient (Wildman–Crippen LogP) is 2.29. The van der Waals surface area contributed by atoms with Crippen LogP contribution < -0.4 is 0 Å². The molecule has 0 atom stereocenters. The molecule has 0 radical (unpaired) electrons. The molecule has 10 nitrogen and oxygen atoms in total. The van der Waals surface area contributed by atoms with Crippen molar-refractivity contribution in [2.45, 2.75) is 12.3 Å².